The van der Waals surface area contributed by atoms with Crippen molar-refractivity contribution < 1.29 is 17.7 Å². The third kappa shape index (κ3) is 6.53. The molecular formula is C11H19F3N4O. The van der Waals surface area contributed by atoms with Gasteiger partial charge in [0.05, 0.1) is 13.1 Å². The first-order valence-corrected chi connectivity index (χ1v) is 6.26. The summed E-state index contributed by atoms with van der Waals surface area (Å²) < 4.78 is 40.6. The number of rotatable bonds is 8. The van der Waals surface area contributed by atoms with E-state index in [-0.39, 0.29) is 12.4 Å². The van der Waals surface area contributed by atoms with E-state index < -0.39 is 12.7 Å². The van der Waals surface area contributed by atoms with Gasteiger partial charge in [-0.05, 0) is 13.1 Å². The van der Waals surface area contributed by atoms with Crippen molar-refractivity contribution in [2.75, 3.05) is 26.2 Å². The molecule has 1 N–H and O–H groups in total. The minimum Gasteiger partial charge on any atom is -0.338 e. The van der Waals surface area contributed by atoms with Crippen molar-refractivity contribution in [3.05, 3.63) is 11.7 Å². The standard InChI is InChI=1S/C11H19F3N4O/c1-3-18(4-2)6-5-9-16-10(19-17-9)7-15-8-11(12,13)14/h15H,3-8H2,1-2H3. The first kappa shape index (κ1) is 15.9. The second-order valence-corrected chi connectivity index (χ2v) is 4.10. The Morgan fingerprint density at radius 3 is 2.53 bits per heavy atom. The maximum absolute atomic E-state index is 11.9. The van der Waals surface area contributed by atoms with E-state index in [9.17, 15) is 13.2 Å². The molecule has 0 bridgehead atoms. The van der Waals surface area contributed by atoms with Gasteiger partial charge in [-0.15, -0.1) is 0 Å². The predicted octanol–water partition coefficient (Wildman–Crippen LogP) is 1.61. The van der Waals surface area contributed by atoms with Crippen LogP contribution in [0.3, 0.4) is 0 Å². The molecule has 0 saturated heterocycles. The van der Waals surface area contributed by atoms with E-state index in [0.29, 0.717) is 12.2 Å². The molecule has 0 spiro atoms. The molecule has 19 heavy (non-hydrogen) atoms. The summed E-state index contributed by atoms with van der Waals surface area (Å²) >= 11 is 0. The van der Waals surface area contributed by atoms with Crippen molar-refractivity contribution in [3.63, 3.8) is 0 Å². The lowest BCUT2D eigenvalue weighted by Crippen LogP contribution is -2.28. The SMILES string of the molecule is CCN(CC)CCc1noc(CNCC(F)(F)F)n1. The van der Waals surface area contributed by atoms with Crippen molar-refractivity contribution in [2.45, 2.75) is 33.0 Å². The van der Waals surface area contributed by atoms with E-state index in [1.54, 1.807) is 0 Å². The number of nitrogens with zero attached hydrogens (tertiary/aromatic N) is 3. The summed E-state index contributed by atoms with van der Waals surface area (Å²) in [5, 5.41) is 5.95. The van der Waals surface area contributed by atoms with Gasteiger partial charge in [-0.2, -0.15) is 18.2 Å². The molecule has 1 heterocycles. The number of likely N-dealkylation sites (N-methyl/N-ethyl adjacent to an activating group) is 1. The second kappa shape index (κ2) is 7.44. The number of halogens is 3. The summed E-state index contributed by atoms with van der Waals surface area (Å²) in [6, 6.07) is 0. The molecule has 0 aromatic carbocycles. The Morgan fingerprint density at radius 2 is 1.95 bits per heavy atom. The molecule has 1 aromatic rings. The summed E-state index contributed by atoms with van der Waals surface area (Å²) in [5.41, 5.74) is 0. The van der Waals surface area contributed by atoms with Gasteiger partial charge in [-0.25, -0.2) is 0 Å². The van der Waals surface area contributed by atoms with Crippen molar-refractivity contribution in [1.82, 2.24) is 20.4 Å². The van der Waals surface area contributed by atoms with E-state index in [4.69, 9.17) is 4.52 Å². The highest BCUT2D eigenvalue weighted by Crippen LogP contribution is 2.12. The lowest BCUT2D eigenvalue weighted by molar-refractivity contribution is -0.125. The van der Waals surface area contributed by atoms with Gasteiger partial charge in [0, 0.05) is 13.0 Å². The van der Waals surface area contributed by atoms with Crippen molar-refractivity contribution in [1.29, 1.82) is 0 Å². The van der Waals surface area contributed by atoms with Crippen LogP contribution in [0.5, 0.6) is 0 Å². The number of alkyl halides is 3. The van der Waals surface area contributed by atoms with Crippen LogP contribution in [0, 0.1) is 0 Å². The molecule has 0 atom stereocenters. The van der Waals surface area contributed by atoms with Gasteiger partial charge in [0.2, 0.25) is 5.89 Å². The first-order valence-electron chi connectivity index (χ1n) is 6.26. The Bertz CT molecular complexity index is 363. The molecule has 0 aliphatic heterocycles. The fourth-order valence-corrected chi connectivity index (χ4v) is 1.57. The van der Waals surface area contributed by atoms with Crippen molar-refractivity contribution in [2.24, 2.45) is 0 Å². The summed E-state index contributed by atoms with van der Waals surface area (Å²) in [7, 11) is 0. The molecule has 110 valence electrons. The van der Waals surface area contributed by atoms with E-state index in [0.717, 1.165) is 19.6 Å². The van der Waals surface area contributed by atoms with Crippen LogP contribution in [-0.2, 0) is 13.0 Å². The Hall–Kier alpha value is -1.15. The van der Waals surface area contributed by atoms with E-state index >= 15 is 0 Å². The van der Waals surface area contributed by atoms with Crippen molar-refractivity contribution in [3.8, 4) is 0 Å². The highest BCUT2D eigenvalue weighted by Gasteiger charge is 2.26. The highest BCUT2D eigenvalue weighted by atomic mass is 19.4. The van der Waals surface area contributed by atoms with E-state index in [1.807, 2.05) is 0 Å². The summed E-state index contributed by atoms with van der Waals surface area (Å²) in [5.74, 6) is 0.703. The fraction of sp³-hybridized carbons (Fsp3) is 0.818. The zero-order chi connectivity index (χ0) is 14.3. The smallest absolute Gasteiger partial charge is 0.338 e. The number of hydrogen-bond donors (Lipinski definition) is 1. The van der Waals surface area contributed by atoms with Crippen LogP contribution in [0.15, 0.2) is 4.52 Å². The van der Waals surface area contributed by atoms with Gasteiger partial charge in [-0.3, -0.25) is 0 Å². The molecule has 1 aromatic heterocycles. The molecule has 0 amide bonds. The lowest BCUT2D eigenvalue weighted by Gasteiger charge is -2.16. The van der Waals surface area contributed by atoms with Crippen molar-refractivity contribution >= 4 is 0 Å². The molecule has 5 nitrogen and oxygen atoms in total. The van der Waals surface area contributed by atoms with Crippen LogP contribution in [0.2, 0.25) is 0 Å². The van der Waals surface area contributed by atoms with E-state index in [1.165, 1.54) is 0 Å². The zero-order valence-corrected chi connectivity index (χ0v) is 11.1. The van der Waals surface area contributed by atoms with Gasteiger partial charge < -0.3 is 14.7 Å². The summed E-state index contributed by atoms with van der Waals surface area (Å²) in [6.07, 6.45) is -3.60. The third-order valence-corrected chi connectivity index (χ3v) is 2.66. The van der Waals surface area contributed by atoms with Gasteiger partial charge in [0.15, 0.2) is 5.82 Å². The topological polar surface area (TPSA) is 54.2 Å². The molecule has 0 unspecified atom stereocenters. The van der Waals surface area contributed by atoms with Crippen LogP contribution < -0.4 is 5.32 Å². The van der Waals surface area contributed by atoms with E-state index in [2.05, 4.69) is 34.2 Å². The van der Waals surface area contributed by atoms with Gasteiger partial charge in [0.25, 0.3) is 0 Å². The minimum absolute atomic E-state index is 0.0716. The Morgan fingerprint density at radius 1 is 1.26 bits per heavy atom. The van der Waals surface area contributed by atoms with Crippen LogP contribution >= 0.6 is 0 Å². The average molecular weight is 280 g/mol. The zero-order valence-electron chi connectivity index (χ0n) is 11.1. The fourth-order valence-electron chi connectivity index (χ4n) is 1.57. The Labute approximate surface area is 110 Å². The molecule has 0 fully saturated rings. The van der Waals surface area contributed by atoms with Gasteiger partial charge in [0.1, 0.15) is 0 Å². The van der Waals surface area contributed by atoms with Crippen LogP contribution in [-0.4, -0.2) is 47.4 Å². The highest BCUT2D eigenvalue weighted by molar-refractivity contribution is 4.87. The maximum atomic E-state index is 11.9. The summed E-state index contributed by atoms with van der Waals surface area (Å²) in [6.45, 7) is 5.67. The Kier molecular flexibility index (Phi) is 6.23. The monoisotopic (exact) mass is 280 g/mol. The summed E-state index contributed by atoms with van der Waals surface area (Å²) in [4.78, 5) is 6.24. The molecule has 0 aliphatic rings. The molecule has 0 radical (unpaired) electrons. The predicted molar refractivity (Wildman–Crippen MR) is 63.6 cm³/mol. The minimum atomic E-state index is -4.23. The first-order chi connectivity index (χ1) is 8.94. The number of nitrogens with one attached hydrogen (secondary N) is 1. The number of aromatic nitrogens is 2. The third-order valence-electron chi connectivity index (χ3n) is 2.66. The Balaban J connectivity index is 2.32. The lowest BCUT2D eigenvalue weighted by atomic mass is 10.3. The average Bonchev–Trinajstić information content (AvgIpc) is 2.77. The number of hydrogen-bond acceptors (Lipinski definition) is 5. The molecular weight excluding hydrogens is 261 g/mol. The van der Waals surface area contributed by atoms with Crippen LogP contribution in [0.4, 0.5) is 13.2 Å². The quantitative estimate of drug-likeness (QED) is 0.784. The second-order valence-electron chi connectivity index (χ2n) is 4.10. The maximum Gasteiger partial charge on any atom is 0.401 e. The van der Waals surface area contributed by atoms with Gasteiger partial charge >= 0.3 is 6.18 Å². The normalized spacial score (nSPS) is 12.3. The van der Waals surface area contributed by atoms with Crippen LogP contribution in [0.25, 0.3) is 0 Å². The molecule has 1 rings (SSSR count). The van der Waals surface area contributed by atoms with Crippen LogP contribution in [0.1, 0.15) is 25.6 Å². The van der Waals surface area contributed by atoms with Gasteiger partial charge in [-0.1, -0.05) is 19.0 Å². The largest absolute Gasteiger partial charge is 0.401 e. The molecule has 0 saturated carbocycles. The molecule has 8 heteroatoms. The molecule has 0 aliphatic carbocycles.